The van der Waals surface area contributed by atoms with E-state index in [0.717, 1.165) is 44.9 Å². The first kappa shape index (κ1) is 19.0. The number of aromatic nitrogens is 3. The molecule has 2 aromatic heterocycles. The number of rotatable bonds is 3. The monoisotopic (exact) mass is 432 g/mol. The van der Waals surface area contributed by atoms with Crippen molar-refractivity contribution in [2.45, 2.75) is 32.3 Å². The van der Waals surface area contributed by atoms with E-state index in [1.807, 2.05) is 10.6 Å². The van der Waals surface area contributed by atoms with Gasteiger partial charge in [0.2, 0.25) is 5.95 Å². The van der Waals surface area contributed by atoms with Crippen LogP contribution in [0.2, 0.25) is 10.0 Å². The van der Waals surface area contributed by atoms with Gasteiger partial charge in [-0.05, 0) is 43.7 Å². The molecule has 0 amide bonds. The highest BCUT2D eigenvalue weighted by atomic mass is 35.5. The Kier molecular flexibility index (Phi) is 4.81. The lowest BCUT2D eigenvalue weighted by Crippen LogP contribution is -2.41. The van der Waals surface area contributed by atoms with Gasteiger partial charge < -0.3 is 14.4 Å². The Morgan fingerprint density at radius 2 is 2.00 bits per heavy atom. The van der Waals surface area contributed by atoms with Gasteiger partial charge in [-0.25, -0.2) is 9.97 Å². The van der Waals surface area contributed by atoms with Gasteiger partial charge in [0.25, 0.3) is 0 Å². The van der Waals surface area contributed by atoms with Crippen molar-refractivity contribution in [3.8, 4) is 11.5 Å². The second-order valence-corrected chi connectivity index (χ2v) is 8.80. The molecular formula is C21H22Cl2N4O2. The van der Waals surface area contributed by atoms with Crippen LogP contribution in [0, 0.1) is 5.41 Å². The molecule has 152 valence electrons. The second kappa shape index (κ2) is 7.35. The fourth-order valence-electron chi connectivity index (χ4n) is 4.45. The first-order chi connectivity index (χ1) is 14.0. The number of imidazole rings is 1. The van der Waals surface area contributed by atoms with Crippen LogP contribution in [0.25, 0.3) is 5.65 Å². The molecule has 0 aliphatic carbocycles. The van der Waals surface area contributed by atoms with Crippen molar-refractivity contribution in [1.29, 1.82) is 0 Å². The zero-order valence-corrected chi connectivity index (χ0v) is 17.7. The molecule has 1 atom stereocenters. The third kappa shape index (κ3) is 3.43. The molecule has 0 saturated carbocycles. The number of benzene rings is 1. The molecule has 3 aromatic rings. The lowest BCUT2D eigenvalue weighted by Gasteiger charge is -2.39. The number of fused-ring (bicyclic) bond motifs is 1. The van der Waals surface area contributed by atoms with Gasteiger partial charge >= 0.3 is 0 Å². The number of halogens is 2. The Labute approximate surface area is 179 Å². The second-order valence-electron chi connectivity index (χ2n) is 8.01. The summed E-state index contributed by atoms with van der Waals surface area (Å²) in [7, 11) is 0. The van der Waals surface area contributed by atoms with Gasteiger partial charge in [0.1, 0.15) is 10.8 Å². The first-order valence-electron chi connectivity index (χ1n) is 9.85. The van der Waals surface area contributed by atoms with Crippen molar-refractivity contribution in [2.75, 3.05) is 24.6 Å². The van der Waals surface area contributed by atoms with Crippen LogP contribution >= 0.6 is 23.2 Å². The molecule has 6 nitrogen and oxygen atoms in total. The minimum atomic E-state index is 0.330. The molecule has 29 heavy (non-hydrogen) atoms. The van der Waals surface area contributed by atoms with Gasteiger partial charge in [-0.15, -0.1) is 0 Å². The van der Waals surface area contributed by atoms with Gasteiger partial charge in [-0.1, -0.05) is 29.3 Å². The minimum Gasteiger partial charge on any atom is -0.450 e. The average molecular weight is 433 g/mol. The molecule has 0 unspecified atom stereocenters. The number of ether oxygens (including phenoxy) is 2. The normalized spacial score (nSPS) is 21.2. The number of anilines is 1. The molecule has 8 heteroatoms. The highest BCUT2D eigenvalue weighted by Gasteiger charge is 2.41. The van der Waals surface area contributed by atoms with Crippen molar-refractivity contribution < 1.29 is 9.47 Å². The Bertz CT molecular complexity index is 1050. The summed E-state index contributed by atoms with van der Waals surface area (Å²) in [5.74, 6) is 1.90. The van der Waals surface area contributed by atoms with E-state index in [0.29, 0.717) is 38.7 Å². The summed E-state index contributed by atoms with van der Waals surface area (Å²) in [6.07, 6.45) is 9.13. The molecule has 0 N–H and O–H groups in total. The van der Waals surface area contributed by atoms with Crippen LogP contribution in [0.15, 0.2) is 36.8 Å². The topological polar surface area (TPSA) is 51.9 Å². The quantitative estimate of drug-likeness (QED) is 0.567. The van der Waals surface area contributed by atoms with Crippen LogP contribution < -0.4 is 9.64 Å². The Morgan fingerprint density at radius 3 is 2.76 bits per heavy atom. The van der Waals surface area contributed by atoms with Crippen LogP contribution in [0.4, 0.5) is 5.95 Å². The van der Waals surface area contributed by atoms with E-state index in [9.17, 15) is 0 Å². The van der Waals surface area contributed by atoms with Crippen molar-refractivity contribution in [2.24, 2.45) is 5.41 Å². The van der Waals surface area contributed by atoms with Crippen LogP contribution in [0.1, 0.15) is 26.2 Å². The smallest absolute Gasteiger partial charge is 0.211 e. The first-order valence-corrected chi connectivity index (χ1v) is 10.6. The van der Waals surface area contributed by atoms with Crippen LogP contribution in [-0.2, 0) is 4.74 Å². The highest BCUT2D eigenvalue weighted by Crippen LogP contribution is 2.43. The van der Waals surface area contributed by atoms with Crippen LogP contribution in [-0.4, -0.2) is 40.2 Å². The van der Waals surface area contributed by atoms with Gasteiger partial charge in [0, 0.05) is 25.5 Å². The van der Waals surface area contributed by atoms with Crippen LogP contribution in [0.3, 0.4) is 0 Å². The lowest BCUT2D eigenvalue weighted by molar-refractivity contribution is 0.0975. The summed E-state index contributed by atoms with van der Waals surface area (Å²) in [6.45, 7) is 4.96. The maximum Gasteiger partial charge on any atom is 0.211 e. The van der Waals surface area contributed by atoms with Crippen molar-refractivity contribution in [3.63, 3.8) is 0 Å². The molecular weight excluding hydrogens is 411 g/mol. The number of nitrogens with zero attached hydrogens (tertiary/aromatic N) is 4. The molecule has 2 saturated heterocycles. The Morgan fingerprint density at radius 1 is 1.17 bits per heavy atom. The molecule has 5 rings (SSSR count). The highest BCUT2D eigenvalue weighted by molar-refractivity contribution is 6.42. The summed E-state index contributed by atoms with van der Waals surface area (Å²) in [5, 5.41) is 0.817. The van der Waals surface area contributed by atoms with E-state index in [-0.39, 0.29) is 0 Å². The van der Waals surface area contributed by atoms with E-state index in [2.05, 4.69) is 16.8 Å². The molecule has 2 aliphatic rings. The molecule has 1 spiro atoms. The Hall–Kier alpha value is -2.02. The van der Waals surface area contributed by atoms with Gasteiger partial charge in [-0.2, -0.15) is 0 Å². The zero-order chi connectivity index (χ0) is 20.0. The number of hydrogen-bond acceptors (Lipinski definition) is 5. The predicted molar refractivity (Wildman–Crippen MR) is 113 cm³/mol. The predicted octanol–water partition coefficient (Wildman–Crippen LogP) is 5.22. The van der Waals surface area contributed by atoms with E-state index in [4.69, 9.17) is 37.7 Å². The zero-order valence-electron chi connectivity index (χ0n) is 16.1. The molecule has 1 aromatic carbocycles. The fraction of sp³-hybridized carbons (Fsp3) is 0.429. The SMILES string of the molecule is C[C@H]1CC2(CCN(c3ncc(Oc4cccc(Cl)c4Cl)c4nccn34)CC2)CO1. The molecule has 2 aliphatic heterocycles. The Balaban J connectivity index is 1.40. The van der Waals surface area contributed by atoms with Crippen molar-refractivity contribution in [3.05, 3.63) is 46.8 Å². The molecule has 0 bridgehead atoms. The van der Waals surface area contributed by atoms with Crippen molar-refractivity contribution in [1.82, 2.24) is 14.4 Å². The largest absolute Gasteiger partial charge is 0.450 e. The standard InChI is InChI=1S/C21H22Cl2N4O2/c1-14-11-21(13-28-14)5-8-26(9-6-21)20-25-12-17(19-24-7-10-27(19)20)29-16-4-2-3-15(22)18(16)23/h2-4,7,10,12,14H,5-6,8-9,11,13H2,1H3/t14-/m0/s1. The van der Waals surface area contributed by atoms with E-state index in [1.165, 1.54) is 0 Å². The van der Waals surface area contributed by atoms with Gasteiger partial charge in [0.15, 0.2) is 11.4 Å². The summed E-state index contributed by atoms with van der Waals surface area (Å²) >= 11 is 12.4. The van der Waals surface area contributed by atoms with E-state index < -0.39 is 0 Å². The lowest BCUT2D eigenvalue weighted by atomic mass is 9.77. The van der Waals surface area contributed by atoms with E-state index >= 15 is 0 Å². The maximum atomic E-state index is 6.27. The third-order valence-corrected chi connectivity index (χ3v) is 6.81. The van der Waals surface area contributed by atoms with Crippen molar-refractivity contribution >= 4 is 34.8 Å². The van der Waals surface area contributed by atoms with Gasteiger partial charge in [0.05, 0.1) is 23.9 Å². The fourth-order valence-corrected chi connectivity index (χ4v) is 4.78. The average Bonchev–Trinajstić information content (AvgIpc) is 3.34. The molecule has 4 heterocycles. The van der Waals surface area contributed by atoms with Crippen LogP contribution in [0.5, 0.6) is 11.5 Å². The number of hydrogen-bond donors (Lipinski definition) is 0. The summed E-state index contributed by atoms with van der Waals surface area (Å²) in [6, 6.07) is 5.30. The minimum absolute atomic E-state index is 0.330. The van der Waals surface area contributed by atoms with Gasteiger partial charge in [-0.3, -0.25) is 4.40 Å². The number of piperidine rings is 1. The third-order valence-electron chi connectivity index (χ3n) is 6.01. The maximum absolute atomic E-state index is 6.27. The van der Waals surface area contributed by atoms with E-state index in [1.54, 1.807) is 30.6 Å². The molecule has 0 radical (unpaired) electrons. The summed E-state index contributed by atoms with van der Waals surface area (Å²) < 4.78 is 13.8. The summed E-state index contributed by atoms with van der Waals surface area (Å²) in [5.41, 5.74) is 1.03. The molecule has 2 fully saturated rings. The summed E-state index contributed by atoms with van der Waals surface area (Å²) in [4.78, 5) is 11.5.